The standard InChI is InChI=1S/C21H41N5O4/c1-8-9-14-25(18(27)29-20(2,3)4)15-10-11-16-26(17-12-13-23-24-22)19(28)30-21(5,6)7/h8-17H2,1-7H3. The molecule has 0 rings (SSSR count). The highest BCUT2D eigenvalue weighted by atomic mass is 16.6. The predicted molar refractivity (Wildman–Crippen MR) is 118 cm³/mol. The van der Waals surface area contributed by atoms with Gasteiger partial charge in [-0.2, -0.15) is 0 Å². The first-order chi connectivity index (χ1) is 13.9. The molecule has 9 nitrogen and oxygen atoms in total. The van der Waals surface area contributed by atoms with Gasteiger partial charge in [0.15, 0.2) is 0 Å². The van der Waals surface area contributed by atoms with E-state index in [1.165, 1.54) is 0 Å². The van der Waals surface area contributed by atoms with Crippen LogP contribution in [0.5, 0.6) is 0 Å². The molecule has 0 aliphatic carbocycles. The van der Waals surface area contributed by atoms with E-state index in [0.29, 0.717) is 39.1 Å². The summed E-state index contributed by atoms with van der Waals surface area (Å²) >= 11 is 0. The van der Waals surface area contributed by atoms with Crippen LogP contribution in [0.1, 0.15) is 80.6 Å². The van der Waals surface area contributed by atoms with E-state index in [1.54, 1.807) is 9.80 Å². The lowest BCUT2D eigenvalue weighted by molar-refractivity contribution is 0.0208. The first-order valence-corrected chi connectivity index (χ1v) is 10.9. The fourth-order valence-electron chi connectivity index (χ4n) is 2.57. The molecule has 0 aliphatic heterocycles. The lowest BCUT2D eigenvalue weighted by Gasteiger charge is -2.29. The molecular formula is C21H41N5O4. The van der Waals surface area contributed by atoms with Crippen molar-refractivity contribution >= 4 is 12.2 Å². The van der Waals surface area contributed by atoms with E-state index < -0.39 is 11.2 Å². The van der Waals surface area contributed by atoms with Crippen molar-refractivity contribution in [2.45, 2.75) is 91.8 Å². The van der Waals surface area contributed by atoms with Crippen LogP contribution in [0.3, 0.4) is 0 Å². The molecule has 0 unspecified atom stereocenters. The van der Waals surface area contributed by atoms with E-state index in [-0.39, 0.29) is 12.2 Å². The molecule has 0 atom stereocenters. The van der Waals surface area contributed by atoms with Crippen LogP contribution < -0.4 is 0 Å². The minimum absolute atomic E-state index is 0.297. The molecule has 0 fully saturated rings. The number of unbranched alkanes of at least 4 members (excludes halogenated alkanes) is 2. The summed E-state index contributed by atoms with van der Waals surface area (Å²) in [5, 5.41) is 3.52. The molecule has 174 valence electrons. The normalized spacial score (nSPS) is 11.4. The Hall–Kier alpha value is -2.15. The summed E-state index contributed by atoms with van der Waals surface area (Å²) in [6.45, 7) is 15.7. The Morgan fingerprint density at radius 1 is 0.800 bits per heavy atom. The van der Waals surface area contributed by atoms with Gasteiger partial charge in [0.1, 0.15) is 11.2 Å². The SMILES string of the molecule is CCCCN(CCCCN(CCCN=[N+]=[N-])C(=O)OC(C)(C)C)C(=O)OC(C)(C)C. The largest absolute Gasteiger partial charge is 0.444 e. The van der Waals surface area contributed by atoms with Crippen LogP contribution in [0.25, 0.3) is 10.4 Å². The molecule has 0 saturated carbocycles. The molecule has 0 aromatic carbocycles. The van der Waals surface area contributed by atoms with Crippen molar-refractivity contribution in [2.75, 3.05) is 32.7 Å². The third-order valence-corrected chi connectivity index (χ3v) is 3.94. The topological polar surface area (TPSA) is 108 Å². The Labute approximate surface area is 181 Å². The molecule has 0 aromatic rings. The lowest BCUT2D eigenvalue weighted by atomic mass is 10.2. The quantitative estimate of drug-likeness (QED) is 0.171. The smallest absolute Gasteiger partial charge is 0.410 e. The van der Waals surface area contributed by atoms with Crippen molar-refractivity contribution in [1.29, 1.82) is 0 Å². The number of amides is 2. The van der Waals surface area contributed by atoms with Gasteiger partial charge in [-0.3, -0.25) is 0 Å². The summed E-state index contributed by atoms with van der Waals surface area (Å²) in [5.41, 5.74) is 7.30. The van der Waals surface area contributed by atoms with E-state index in [1.807, 2.05) is 41.5 Å². The molecule has 0 aromatic heterocycles. The van der Waals surface area contributed by atoms with Gasteiger partial charge in [-0.1, -0.05) is 18.5 Å². The van der Waals surface area contributed by atoms with Gasteiger partial charge in [-0.05, 0) is 72.8 Å². The number of hydrogen-bond donors (Lipinski definition) is 0. The second-order valence-electron chi connectivity index (χ2n) is 9.30. The minimum atomic E-state index is -0.576. The first-order valence-electron chi connectivity index (χ1n) is 10.9. The Bertz CT molecular complexity index is 563. The number of carbonyl (C=O) groups is 2. The highest BCUT2D eigenvalue weighted by Crippen LogP contribution is 2.13. The number of ether oxygens (including phenoxy) is 2. The molecule has 9 heteroatoms. The fraction of sp³-hybridized carbons (Fsp3) is 0.905. The first kappa shape index (κ1) is 27.8. The number of nitrogens with zero attached hydrogens (tertiary/aromatic N) is 5. The summed E-state index contributed by atoms with van der Waals surface area (Å²) < 4.78 is 11.0. The summed E-state index contributed by atoms with van der Waals surface area (Å²) in [6, 6.07) is 0. The zero-order chi connectivity index (χ0) is 23.2. The second kappa shape index (κ2) is 14.0. The fourth-order valence-corrected chi connectivity index (χ4v) is 2.57. The molecular weight excluding hydrogens is 386 g/mol. The molecule has 0 bridgehead atoms. The lowest BCUT2D eigenvalue weighted by Crippen LogP contribution is -2.39. The van der Waals surface area contributed by atoms with Crippen LogP contribution in [-0.2, 0) is 9.47 Å². The Morgan fingerprint density at radius 3 is 1.57 bits per heavy atom. The van der Waals surface area contributed by atoms with Crippen LogP contribution in [0, 0.1) is 0 Å². The van der Waals surface area contributed by atoms with Crippen LogP contribution in [0.15, 0.2) is 5.11 Å². The zero-order valence-electron chi connectivity index (χ0n) is 19.9. The van der Waals surface area contributed by atoms with Gasteiger partial charge in [0.25, 0.3) is 0 Å². The number of rotatable bonds is 12. The second-order valence-corrected chi connectivity index (χ2v) is 9.30. The predicted octanol–water partition coefficient (Wildman–Crippen LogP) is 5.74. The molecule has 0 spiro atoms. The van der Waals surface area contributed by atoms with Crippen molar-refractivity contribution in [3.63, 3.8) is 0 Å². The number of hydrogen-bond acceptors (Lipinski definition) is 5. The third-order valence-electron chi connectivity index (χ3n) is 3.94. The maximum atomic E-state index is 12.5. The minimum Gasteiger partial charge on any atom is -0.444 e. The van der Waals surface area contributed by atoms with Crippen molar-refractivity contribution in [3.8, 4) is 0 Å². The molecule has 0 radical (unpaired) electrons. The van der Waals surface area contributed by atoms with Crippen molar-refractivity contribution < 1.29 is 19.1 Å². The van der Waals surface area contributed by atoms with Crippen molar-refractivity contribution in [3.05, 3.63) is 10.4 Å². The average Bonchev–Trinajstić information content (AvgIpc) is 2.59. The van der Waals surface area contributed by atoms with Crippen molar-refractivity contribution in [1.82, 2.24) is 9.80 Å². The van der Waals surface area contributed by atoms with Gasteiger partial charge >= 0.3 is 12.2 Å². The average molecular weight is 428 g/mol. The highest BCUT2D eigenvalue weighted by Gasteiger charge is 2.23. The maximum Gasteiger partial charge on any atom is 0.410 e. The van der Waals surface area contributed by atoms with Crippen LogP contribution in [0.4, 0.5) is 9.59 Å². The highest BCUT2D eigenvalue weighted by molar-refractivity contribution is 5.68. The molecule has 0 aliphatic rings. The molecule has 0 N–H and O–H groups in total. The molecule has 30 heavy (non-hydrogen) atoms. The van der Waals surface area contributed by atoms with Gasteiger partial charge in [0.2, 0.25) is 0 Å². The van der Waals surface area contributed by atoms with Crippen LogP contribution >= 0.6 is 0 Å². The van der Waals surface area contributed by atoms with E-state index in [0.717, 1.165) is 25.7 Å². The van der Waals surface area contributed by atoms with E-state index >= 15 is 0 Å². The van der Waals surface area contributed by atoms with Gasteiger partial charge < -0.3 is 19.3 Å². The van der Waals surface area contributed by atoms with Gasteiger partial charge in [-0.15, -0.1) is 0 Å². The van der Waals surface area contributed by atoms with E-state index in [4.69, 9.17) is 15.0 Å². The van der Waals surface area contributed by atoms with Crippen LogP contribution in [0.2, 0.25) is 0 Å². The summed E-state index contributed by atoms with van der Waals surface area (Å²) in [4.78, 5) is 31.0. The Morgan fingerprint density at radius 2 is 1.20 bits per heavy atom. The maximum absolute atomic E-state index is 12.5. The van der Waals surface area contributed by atoms with E-state index in [2.05, 4.69) is 16.9 Å². The molecule has 0 heterocycles. The zero-order valence-corrected chi connectivity index (χ0v) is 19.9. The molecule has 2 amide bonds. The Kier molecular flexibility index (Phi) is 13.0. The molecule has 0 saturated heterocycles. The van der Waals surface area contributed by atoms with E-state index in [9.17, 15) is 9.59 Å². The summed E-state index contributed by atoms with van der Waals surface area (Å²) in [5.74, 6) is 0. The number of azide groups is 1. The van der Waals surface area contributed by atoms with Crippen LogP contribution in [-0.4, -0.2) is 65.9 Å². The van der Waals surface area contributed by atoms with Gasteiger partial charge in [0, 0.05) is 37.6 Å². The third kappa shape index (κ3) is 14.8. The Balaban J connectivity index is 4.75. The van der Waals surface area contributed by atoms with Gasteiger partial charge in [0.05, 0.1) is 0 Å². The van der Waals surface area contributed by atoms with Gasteiger partial charge in [-0.25, -0.2) is 9.59 Å². The summed E-state index contributed by atoms with van der Waals surface area (Å²) in [7, 11) is 0. The monoisotopic (exact) mass is 427 g/mol. The van der Waals surface area contributed by atoms with Crippen molar-refractivity contribution in [2.24, 2.45) is 5.11 Å². The summed E-state index contributed by atoms with van der Waals surface area (Å²) in [6.07, 6.45) is 3.29. The number of carbonyl (C=O) groups excluding carboxylic acids is 2.